The van der Waals surface area contributed by atoms with Gasteiger partial charge in [0.15, 0.2) is 21.3 Å². The number of benzene rings is 2. The van der Waals surface area contributed by atoms with Crippen molar-refractivity contribution in [3.05, 3.63) is 53.6 Å². The van der Waals surface area contributed by atoms with Crippen molar-refractivity contribution in [2.45, 2.75) is 43.2 Å². The van der Waals surface area contributed by atoms with E-state index in [1.54, 1.807) is 6.07 Å². The standard InChI is InChI=1S/C20H25NO4S/c1-3-4-10-15-13-26(23,24)19-12-17(22)18(25-2)11-16(19)20(21-15)14-8-6-5-7-9-14/h5-9,11-12,15,20-22H,3-4,10,13H2,1-2H3. The molecule has 0 fully saturated rings. The van der Waals surface area contributed by atoms with Crippen LogP contribution in [-0.2, 0) is 9.84 Å². The monoisotopic (exact) mass is 375 g/mol. The van der Waals surface area contributed by atoms with Gasteiger partial charge in [0.2, 0.25) is 0 Å². The summed E-state index contributed by atoms with van der Waals surface area (Å²) < 4.78 is 31.2. The first-order chi connectivity index (χ1) is 12.5. The molecule has 2 aromatic rings. The fraction of sp³-hybridized carbons (Fsp3) is 0.400. The maximum atomic E-state index is 13.0. The molecule has 0 spiro atoms. The summed E-state index contributed by atoms with van der Waals surface area (Å²) in [6.45, 7) is 2.09. The highest BCUT2D eigenvalue weighted by Gasteiger charge is 2.34. The summed E-state index contributed by atoms with van der Waals surface area (Å²) in [5.74, 6) is 0.136. The van der Waals surface area contributed by atoms with E-state index in [1.165, 1.54) is 13.2 Å². The second kappa shape index (κ2) is 7.68. The van der Waals surface area contributed by atoms with E-state index in [9.17, 15) is 13.5 Å². The molecule has 140 valence electrons. The van der Waals surface area contributed by atoms with E-state index in [0.717, 1.165) is 24.8 Å². The Morgan fingerprint density at radius 1 is 1.23 bits per heavy atom. The summed E-state index contributed by atoms with van der Waals surface area (Å²) in [5, 5.41) is 13.7. The van der Waals surface area contributed by atoms with E-state index in [0.29, 0.717) is 5.56 Å². The minimum atomic E-state index is -3.52. The average molecular weight is 375 g/mol. The van der Waals surface area contributed by atoms with Crippen LogP contribution in [0.15, 0.2) is 47.4 Å². The van der Waals surface area contributed by atoms with Crippen LogP contribution in [0.1, 0.15) is 43.4 Å². The fourth-order valence-electron chi connectivity index (χ4n) is 3.49. The van der Waals surface area contributed by atoms with Crippen LogP contribution >= 0.6 is 0 Å². The number of sulfone groups is 1. The van der Waals surface area contributed by atoms with Crippen molar-refractivity contribution in [1.29, 1.82) is 0 Å². The van der Waals surface area contributed by atoms with Crippen molar-refractivity contribution in [2.75, 3.05) is 12.9 Å². The topological polar surface area (TPSA) is 75.6 Å². The van der Waals surface area contributed by atoms with Gasteiger partial charge in [-0.2, -0.15) is 0 Å². The number of aromatic hydroxyl groups is 1. The first-order valence-corrected chi connectivity index (χ1v) is 10.6. The Labute approximate surface area is 154 Å². The van der Waals surface area contributed by atoms with E-state index in [4.69, 9.17) is 4.74 Å². The maximum absolute atomic E-state index is 13.0. The molecule has 0 aromatic heterocycles. The van der Waals surface area contributed by atoms with E-state index in [1.807, 2.05) is 30.3 Å². The zero-order valence-corrected chi connectivity index (χ0v) is 15.9. The molecule has 0 saturated carbocycles. The van der Waals surface area contributed by atoms with Gasteiger partial charge in [-0.3, -0.25) is 0 Å². The number of phenolic OH excluding ortho intramolecular Hbond substituents is 1. The molecule has 2 N–H and O–H groups in total. The lowest BCUT2D eigenvalue weighted by molar-refractivity contribution is 0.370. The smallest absolute Gasteiger partial charge is 0.180 e. The van der Waals surface area contributed by atoms with Crippen molar-refractivity contribution >= 4 is 9.84 Å². The van der Waals surface area contributed by atoms with Gasteiger partial charge in [-0.05, 0) is 23.6 Å². The number of fused-ring (bicyclic) bond motifs is 1. The van der Waals surface area contributed by atoms with Gasteiger partial charge in [0.1, 0.15) is 0 Å². The third kappa shape index (κ3) is 3.71. The summed E-state index contributed by atoms with van der Waals surface area (Å²) in [6.07, 6.45) is 2.76. The van der Waals surface area contributed by atoms with Crippen LogP contribution in [0.3, 0.4) is 0 Å². The van der Waals surface area contributed by atoms with Crippen LogP contribution in [0.4, 0.5) is 0 Å². The highest BCUT2D eigenvalue weighted by molar-refractivity contribution is 7.91. The molecule has 1 heterocycles. The molecule has 3 rings (SSSR count). The number of hydrogen-bond donors (Lipinski definition) is 2. The Morgan fingerprint density at radius 3 is 2.62 bits per heavy atom. The predicted octanol–water partition coefficient (Wildman–Crippen LogP) is 3.43. The van der Waals surface area contributed by atoms with Crippen molar-refractivity contribution in [1.82, 2.24) is 5.32 Å². The third-order valence-corrected chi connectivity index (χ3v) is 6.68. The van der Waals surface area contributed by atoms with Gasteiger partial charge >= 0.3 is 0 Å². The van der Waals surface area contributed by atoms with Gasteiger partial charge in [0.25, 0.3) is 0 Å². The SMILES string of the molecule is CCCCC1CS(=O)(=O)c2cc(O)c(OC)cc2C(c2ccccc2)N1. The van der Waals surface area contributed by atoms with Crippen LogP contribution in [0.5, 0.6) is 11.5 Å². The predicted molar refractivity (Wildman–Crippen MR) is 101 cm³/mol. The Morgan fingerprint density at radius 2 is 1.96 bits per heavy atom. The molecule has 2 aromatic carbocycles. The van der Waals surface area contributed by atoms with Gasteiger partial charge < -0.3 is 15.2 Å². The quantitative estimate of drug-likeness (QED) is 0.837. The van der Waals surface area contributed by atoms with Crippen molar-refractivity contribution < 1.29 is 18.3 Å². The van der Waals surface area contributed by atoms with Crippen molar-refractivity contribution in [2.24, 2.45) is 0 Å². The molecule has 0 amide bonds. The molecule has 1 aliphatic heterocycles. The molecule has 0 bridgehead atoms. The zero-order valence-electron chi connectivity index (χ0n) is 15.1. The largest absolute Gasteiger partial charge is 0.504 e. The molecule has 26 heavy (non-hydrogen) atoms. The molecule has 2 unspecified atom stereocenters. The van der Waals surface area contributed by atoms with Gasteiger partial charge in [-0.1, -0.05) is 50.1 Å². The molecular formula is C20H25NO4S. The minimum Gasteiger partial charge on any atom is -0.504 e. The molecule has 0 aliphatic carbocycles. The number of unbranched alkanes of at least 4 members (excludes halogenated alkanes) is 1. The second-order valence-corrected chi connectivity index (χ2v) is 8.70. The Hall–Kier alpha value is -2.05. The second-order valence-electron chi connectivity index (χ2n) is 6.69. The number of nitrogens with one attached hydrogen (secondary N) is 1. The summed E-state index contributed by atoms with van der Waals surface area (Å²) in [6, 6.07) is 12.3. The molecule has 6 heteroatoms. The van der Waals surface area contributed by atoms with Crippen LogP contribution in [-0.4, -0.2) is 32.4 Å². The number of methoxy groups -OCH3 is 1. The number of hydrogen-bond acceptors (Lipinski definition) is 5. The van der Waals surface area contributed by atoms with E-state index in [2.05, 4.69) is 12.2 Å². The van der Waals surface area contributed by atoms with E-state index in [-0.39, 0.29) is 34.2 Å². The zero-order chi connectivity index (χ0) is 18.7. The number of phenols is 1. The summed E-state index contributed by atoms with van der Waals surface area (Å²) in [5.41, 5.74) is 1.60. The Balaban J connectivity index is 2.17. The third-order valence-electron chi connectivity index (χ3n) is 4.82. The maximum Gasteiger partial charge on any atom is 0.180 e. The number of rotatable bonds is 5. The normalized spacial score (nSPS) is 21.6. The Kier molecular flexibility index (Phi) is 5.53. The molecule has 1 aliphatic rings. The molecular weight excluding hydrogens is 350 g/mol. The minimum absolute atomic E-state index is 0.0229. The van der Waals surface area contributed by atoms with Crippen LogP contribution in [0.2, 0.25) is 0 Å². The summed E-state index contributed by atoms with van der Waals surface area (Å²) in [4.78, 5) is 0.177. The van der Waals surface area contributed by atoms with E-state index >= 15 is 0 Å². The molecule has 2 atom stereocenters. The van der Waals surface area contributed by atoms with E-state index < -0.39 is 9.84 Å². The first-order valence-electron chi connectivity index (χ1n) is 8.91. The van der Waals surface area contributed by atoms with Crippen LogP contribution < -0.4 is 10.1 Å². The van der Waals surface area contributed by atoms with Gasteiger partial charge in [0.05, 0.1) is 23.8 Å². The molecule has 5 nitrogen and oxygen atoms in total. The summed E-state index contributed by atoms with van der Waals surface area (Å²) >= 11 is 0. The lowest BCUT2D eigenvalue weighted by atomic mass is 9.96. The number of ether oxygens (including phenoxy) is 1. The lowest BCUT2D eigenvalue weighted by Crippen LogP contribution is -2.35. The molecule has 0 saturated heterocycles. The average Bonchev–Trinajstić information content (AvgIpc) is 2.74. The summed E-state index contributed by atoms with van der Waals surface area (Å²) in [7, 11) is -2.06. The highest BCUT2D eigenvalue weighted by atomic mass is 32.2. The van der Waals surface area contributed by atoms with Crippen molar-refractivity contribution in [3.8, 4) is 11.5 Å². The lowest BCUT2D eigenvalue weighted by Gasteiger charge is -2.24. The Bertz CT molecular complexity index is 865. The first kappa shape index (κ1) is 18.7. The van der Waals surface area contributed by atoms with Crippen LogP contribution in [0, 0.1) is 0 Å². The van der Waals surface area contributed by atoms with Gasteiger partial charge in [-0.15, -0.1) is 0 Å². The highest BCUT2D eigenvalue weighted by Crippen LogP contribution is 2.39. The van der Waals surface area contributed by atoms with Gasteiger partial charge in [0, 0.05) is 12.1 Å². The van der Waals surface area contributed by atoms with Crippen molar-refractivity contribution in [3.63, 3.8) is 0 Å². The van der Waals surface area contributed by atoms with Crippen LogP contribution in [0.25, 0.3) is 0 Å². The molecule has 0 radical (unpaired) electrons. The van der Waals surface area contributed by atoms with Gasteiger partial charge in [-0.25, -0.2) is 8.42 Å². The fourth-order valence-corrected chi connectivity index (χ4v) is 5.29.